The molecule has 2 aromatic rings. The topological polar surface area (TPSA) is 83.8 Å². The van der Waals surface area contributed by atoms with Gasteiger partial charge in [0.25, 0.3) is 0 Å². The zero-order chi connectivity index (χ0) is 18.1. The van der Waals surface area contributed by atoms with Gasteiger partial charge in [0, 0.05) is 0 Å². The Balaban J connectivity index is 1.95. The maximum Gasteiger partial charge on any atom is 0.319 e. The minimum atomic E-state index is -0.817. The fraction of sp³-hybridized carbons (Fsp3) is 0.300. The van der Waals surface area contributed by atoms with Crippen LogP contribution in [0, 0.1) is 11.8 Å². The molecule has 25 heavy (non-hydrogen) atoms. The van der Waals surface area contributed by atoms with E-state index in [0.717, 1.165) is 11.1 Å². The van der Waals surface area contributed by atoms with Gasteiger partial charge in [-0.2, -0.15) is 0 Å². The summed E-state index contributed by atoms with van der Waals surface area (Å²) in [6.45, 7) is -0.826. The number of esters is 2. The number of aliphatic hydroxyl groups is 2. The van der Waals surface area contributed by atoms with Crippen molar-refractivity contribution in [1.29, 1.82) is 0 Å². The molecular weight excluding hydrogens is 320 g/mol. The zero-order valence-corrected chi connectivity index (χ0v) is 13.9. The second-order valence-electron chi connectivity index (χ2n) is 5.88. The molecule has 2 unspecified atom stereocenters. The van der Waals surface area contributed by atoms with Crippen LogP contribution in [0.1, 0.15) is 11.1 Å². The number of carbonyl (C=O) groups excluding carboxylic acids is 2. The van der Waals surface area contributed by atoms with E-state index in [9.17, 15) is 19.8 Å². The summed E-state index contributed by atoms with van der Waals surface area (Å²) in [5, 5.41) is 18.9. The molecule has 0 saturated heterocycles. The predicted molar refractivity (Wildman–Crippen MR) is 92.5 cm³/mol. The second-order valence-corrected chi connectivity index (χ2v) is 5.88. The van der Waals surface area contributed by atoms with Gasteiger partial charge in [0.1, 0.15) is 0 Å². The van der Waals surface area contributed by atoms with E-state index in [2.05, 4.69) is 0 Å². The Hall–Kier alpha value is -2.50. The average molecular weight is 342 g/mol. The summed E-state index contributed by atoms with van der Waals surface area (Å²) < 4.78 is 4.90. The predicted octanol–water partition coefficient (Wildman–Crippen LogP) is 1.76. The van der Waals surface area contributed by atoms with E-state index in [4.69, 9.17) is 4.74 Å². The van der Waals surface area contributed by atoms with Crippen LogP contribution in [0.5, 0.6) is 0 Å². The van der Waals surface area contributed by atoms with Crippen molar-refractivity contribution in [3.05, 3.63) is 71.8 Å². The van der Waals surface area contributed by atoms with Crippen molar-refractivity contribution in [2.75, 3.05) is 13.2 Å². The Kier molecular flexibility index (Phi) is 7.32. The Bertz CT molecular complexity index is 610. The summed E-state index contributed by atoms with van der Waals surface area (Å²) in [4.78, 5) is 24.4. The molecule has 0 bridgehead atoms. The summed E-state index contributed by atoms with van der Waals surface area (Å²) in [6, 6.07) is 18.4. The van der Waals surface area contributed by atoms with E-state index in [1.54, 1.807) is 0 Å². The molecule has 2 atom stereocenters. The number of carbonyl (C=O) groups is 2. The standard InChI is InChI=1S/C20H22O5/c21-13-17(11-15-7-3-1-4-8-15)19(23)25-20(24)18(14-22)12-16-9-5-2-6-10-16/h1-10,17-18,21-22H,11-14H2. The molecule has 0 saturated carbocycles. The lowest BCUT2D eigenvalue weighted by Gasteiger charge is -2.16. The van der Waals surface area contributed by atoms with E-state index < -0.39 is 37.0 Å². The van der Waals surface area contributed by atoms with Gasteiger partial charge in [0.2, 0.25) is 0 Å². The quantitative estimate of drug-likeness (QED) is 0.564. The number of hydrogen-bond donors (Lipinski definition) is 2. The SMILES string of the molecule is O=C(OC(=O)C(CO)Cc1ccccc1)C(CO)Cc1ccccc1. The van der Waals surface area contributed by atoms with Crippen molar-refractivity contribution >= 4 is 11.9 Å². The number of benzene rings is 2. The molecule has 0 aliphatic carbocycles. The first kappa shape index (κ1) is 18.8. The molecule has 2 aromatic carbocycles. The third-order valence-corrected chi connectivity index (χ3v) is 3.96. The molecule has 0 amide bonds. The molecule has 0 fully saturated rings. The van der Waals surface area contributed by atoms with Crippen molar-refractivity contribution in [3.63, 3.8) is 0 Å². The highest BCUT2D eigenvalue weighted by Gasteiger charge is 2.27. The van der Waals surface area contributed by atoms with Crippen molar-refractivity contribution in [2.24, 2.45) is 11.8 Å². The summed E-state index contributed by atoms with van der Waals surface area (Å²) in [6.07, 6.45) is 0.567. The first-order chi connectivity index (χ1) is 12.1. The molecule has 0 aliphatic rings. The van der Waals surface area contributed by atoms with Gasteiger partial charge >= 0.3 is 11.9 Å². The van der Waals surface area contributed by atoms with E-state index >= 15 is 0 Å². The van der Waals surface area contributed by atoms with Crippen LogP contribution in [0.3, 0.4) is 0 Å². The van der Waals surface area contributed by atoms with Crippen molar-refractivity contribution < 1.29 is 24.5 Å². The van der Waals surface area contributed by atoms with Gasteiger partial charge in [0.05, 0.1) is 25.0 Å². The van der Waals surface area contributed by atoms with Crippen LogP contribution >= 0.6 is 0 Å². The smallest absolute Gasteiger partial charge is 0.319 e. The molecule has 0 spiro atoms. The molecular formula is C20H22O5. The third-order valence-electron chi connectivity index (χ3n) is 3.96. The molecule has 5 nitrogen and oxygen atoms in total. The summed E-state index contributed by atoms with van der Waals surface area (Å²) in [5.74, 6) is -3.18. The number of rotatable bonds is 8. The first-order valence-corrected chi connectivity index (χ1v) is 8.19. The average Bonchev–Trinajstić information content (AvgIpc) is 2.65. The second kappa shape index (κ2) is 9.71. The van der Waals surface area contributed by atoms with Crippen LogP contribution in [0.4, 0.5) is 0 Å². The minimum Gasteiger partial charge on any atom is -0.395 e. The Morgan fingerprint density at radius 3 is 1.40 bits per heavy atom. The lowest BCUT2D eigenvalue weighted by atomic mass is 9.99. The molecule has 5 heteroatoms. The summed E-state index contributed by atoms with van der Waals surface area (Å²) in [7, 11) is 0. The van der Waals surface area contributed by atoms with Gasteiger partial charge < -0.3 is 14.9 Å². The first-order valence-electron chi connectivity index (χ1n) is 8.19. The normalized spacial score (nSPS) is 13.0. The largest absolute Gasteiger partial charge is 0.395 e. The van der Waals surface area contributed by atoms with Crippen LogP contribution in [-0.2, 0) is 27.2 Å². The number of hydrogen-bond acceptors (Lipinski definition) is 5. The molecule has 2 rings (SSSR count). The van der Waals surface area contributed by atoms with Gasteiger partial charge in [-0.3, -0.25) is 9.59 Å². The highest BCUT2D eigenvalue weighted by molar-refractivity contribution is 5.88. The van der Waals surface area contributed by atoms with Crippen molar-refractivity contribution in [2.45, 2.75) is 12.8 Å². The lowest BCUT2D eigenvalue weighted by molar-refractivity contribution is -0.167. The molecule has 0 aromatic heterocycles. The molecule has 132 valence electrons. The highest BCUT2D eigenvalue weighted by atomic mass is 16.6. The van der Waals surface area contributed by atoms with E-state index in [1.165, 1.54) is 0 Å². The maximum atomic E-state index is 12.2. The number of aliphatic hydroxyl groups excluding tert-OH is 2. The summed E-state index contributed by atoms with van der Waals surface area (Å²) >= 11 is 0. The summed E-state index contributed by atoms with van der Waals surface area (Å²) in [5.41, 5.74) is 1.74. The van der Waals surface area contributed by atoms with Gasteiger partial charge in [0.15, 0.2) is 0 Å². The van der Waals surface area contributed by atoms with E-state index in [0.29, 0.717) is 0 Å². The fourth-order valence-corrected chi connectivity index (χ4v) is 2.51. The molecule has 0 radical (unpaired) electrons. The van der Waals surface area contributed by atoms with E-state index in [1.807, 2.05) is 60.7 Å². The maximum absolute atomic E-state index is 12.2. The van der Waals surface area contributed by atoms with Gasteiger partial charge in [-0.1, -0.05) is 60.7 Å². The fourth-order valence-electron chi connectivity index (χ4n) is 2.51. The van der Waals surface area contributed by atoms with Crippen LogP contribution in [0.15, 0.2) is 60.7 Å². The van der Waals surface area contributed by atoms with Crippen LogP contribution < -0.4 is 0 Å². The molecule has 0 heterocycles. The monoisotopic (exact) mass is 342 g/mol. The van der Waals surface area contributed by atoms with Crippen LogP contribution in [-0.4, -0.2) is 35.4 Å². The Labute approximate surface area is 146 Å². The zero-order valence-electron chi connectivity index (χ0n) is 13.9. The van der Waals surface area contributed by atoms with Gasteiger partial charge in [-0.15, -0.1) is 0 Å². The number of ether oxygens (including phenoxy) is 1. The van der Waals surface area contributed by atoms with Crippen LogP contribution in [0.25, 0.3) is 0 Å². The lowest BCUT2D eigenvalue weighted by Crippen LogP contribution is -2.31. The molecule has 0 aliphatic heterocycles. The Morgan fingerprint density at radius 1 is 0.720 bits per heavy atom. The molecule has 2 N–H and O–H groups in total. The van der Waals surface area contributed by atoms with Crippen LogP contribution in [0.2, 0.25) is 0 Å². The minimum absolute atomic E-state index is 0.284. The van der Waals surface area contributed by atoms with E-state index in [-0.39, 0.29) is 12.8 Å². The van der Waals surface area contributed by atoms with Gasteiger partial charge in [-0.25, -0.2) is 0 Å². The van der Waals surface area contributed by atoms with Gasteiger partial charge in [-0.05, 0) is 24.0 Å². The third kappa shape index (κ3) is 5.81. The highest BCUT2D eigenvalue weighted by Crippen LogP contribution is 2.14. The van der Waals surface area contributed by atoms with Crippen molar-refractivity contribution in [3.8, 4) is 0 Å². The Morgan fingerprint density at radius 2 is 1.08 bits per heavy atom. The van der Waals surface area contributed by atoms with Crippen molar-refractivity contribution in [1.82, 2.24) is 0 Å².